The molecule has 0 bridgehead atoms. The van der Waals surface area contributed by atoms with E-state index in [2.05, 4.69) is 34.2 Å². The SMILES string of the molecule is COc1cccc2cnc(CC3CCCN(C(C)C)C3)n12. The second kappa shape index (κ2) is 6.06. The van der Waals surface area contributed by atoms with Gasteiger partial charge in [0.2, 0.25) is 0 Å². The Morgan fingerprint density at radius 3 is 3.00 bits per heavy atom. The Balaban J connectivity index is 1.82. The number of likely N-dealkylation sites (tertiary alicyclic amines) is 1. The fraction of sp³-hybridized carbons (Fsp3) is 0.588. The normalized spacial score (nSPS) is 20.3. The molecular weight excluding hydrogens is 262 g/mol. The van der Waals surface area contributed by atoms with Crippen LogP contribution in [0.4, 0.5) is 0 Å². The van der Waals surface area contributed by atoms with Crippen molar-refractivity contribution >= 4 is 5.52 Å². The predicted molar refractivity (Wildman–Crippen MR) is 84.9 cm³/mol. The number of fused-ring (bicyclic) bond motifs is 1. The molecule has 1 unspecified atom stereocenters. The molecule has 2 aromatic heterocycles. The monoisotopic (exact) mass is 287 g/mol. The third-order valence-electron chi connectivity index (χ3n) is 4.55. The van der Waals surface area contributed by atoms with Crippen LogP contribution in [0.2, 0.25) is 0 Å². The van der Waals surface area contributed by atoms with E-state index in [0.717, 1.165) is 23.6 Å². The van der Waals surface area contributed by atoms with Gasteiger partial charge in [-0.05, 0) is 51.3 Å². The Morgan fingerprint density at radius 1 is 1.38 bits per heavy atom. The zero-order valence-corrected chi connectivity index (χ0v) is 13.2. The Kier molecular flexibility index (Phi) is 4.15. The van der Waals surface area contributed by atoms with Gasteiger partial charge in [-0.25, -0.2) is 4.98 Å². The summed E-state index contributed by atoms with van der Waals surface area (Å²) in [4.78, 5) is 7.22. The van der Waals surface area contributed by atoms with Gasteiger partial charge in [0.1, 0.15) is 5.82 Å². The highest BCUT2D eigenvalue weighted by Crippen LogP contribution is 2.24. The summed E-state index contributed by atoms with van der Waals surface area (Å²) in [7, 11) is 1.72. The van der Waals surface area contributed by atoms with Crippen molar-refractivity contribution in [3.05, 3.63) is 30.2 Å². The maximum absolute atomic E-state index is 5.49. The summed E-state index contributed by atoms with van der Waals surface area (Å²) in [6, 6.07) is 6.74. The molecule has 0 saturated carbocycles. The van der Waals surface area contributed by atoms with Crippen LogP contribution in [0.5, 0.6) is 5.88 Å². The van der Waals surface area contributed by atoms with E-state index < -0.39 is 0 Å². The second-order valence-electron chi connectivity index (χ2n) is 6.30. The van der Waals surface area contributed by atoms with Crippen LogP contribution < -0.4 is 4.74 Å². The van der Waals surface area contributed by atoms with Crippen molar-refractivity contribution in [2.75, 3.05) is 20.2 Å². The minimum absolute atomic E-state index is 0.638. The first kappa shape index (κ1) is 14.4. The van der Waals surface area contributed by atoms with E-state index in [1.54, 1.807) is 7.11 Å². The smallest absolute Gasteiger partial charge is 0.199 e. The van der Waals surface area contributed by atoms with Crippen LogP contribution in [0.1, 0.15) is 32.5 Å². The summed E-state index contributed by atoms with van der Waals surface area (Å²) >= 11 is 0. The number of ether oxygens (including phenoxy) is 1. The summed E-state index contributed by atoms with van der Waals surface area (Å²) in [6.45, 7) is 6.99. The van der Waals surface area contributed by atoms with E-state index in [1.165, 1.54) is 25.9 Å². The largest absolute Gasteiger partial charge is 0.482 e. The summed E-state index contributed by atoms with van der Waals surface area (Å²) in [5.74, 6) is 2.69. The quantitative estimate of drug-likeness (QED) is 0.866. The van der Waals surface area contributed by atoms with Crippen LogP contribution in [0, 0.1) is 5.92 Å². The number of nitrogens with zero attached hydrogens (tertiary/aromatic N) is 3. The molecule has 1 aliphatic heterocycles. The average molecular weight is 287 g/mol. The van der Waals surface area contributed by atoms with E-state index in [4.69, 9.17) is 4.74 Å². The number of pyridine rings is 1. The molecule has 114 valence electrons. The van der Waals surface area contributed by atoms with Crippen molar-refractivity contribution in [3.63, 3.8) is 0 Å². The van der Waals surface area contributed by atoms with E-state index in [-0.39, 0.29) is 0 Å². The zero-order chi connectivity index (χ0) is 14.8. The molecule has 3 heterocycles. The van der Waals surface area contributed by atoms with Gasteiger partial charge in [-0.15, -0.1) is 0 Å². The highest BCUT2D eigenvalue weighted by Gasteiger charge is 2.23. The number of methoxy groups -OCH3 is 1. The van der Waals surface area contributed by atoms with Gasteiger partial charge in [0, 0.05) is 19.0 Å². The molecule has 0 aromatic carbocycles. The van der Waals surface area contributed by atoms with Crippen LogP contribution in [-0.2, 0) is 6.42 Å². The number of rotatable bonds is 4. The Bertz CT molecular complexity index is 605. The molecule has 1 fully saturated rings. The number of aromatic nitrogens is 2. The molecule has 1 atom stereocenters. The van der Waals surface area contributed by atoms with Gasteiger partial charge in [-0.1, -0.05) is 6.07 Å². The topological polar surface area (TPSA) is 29.8 Å². The lowest BCUT2D eigenvalue weighted by Gasteiger charge is -2.35. The maximum atomic E-state index is 5.49. The second-order valence-corrected chi connectivity index (χ2v) is 6.30. The lowest BCUT2D eigenvalue weighted by Crippen LogP contribution is -2.40. The first-order valence-electron chi connectivity index (χ1n) is 7.92. The molecule has 3 rings (SSSR count). The summed E-state index contributed by atoms with van der Waals surface area (Å²) in [6.07, 6.45) is 5.56. The third-order valence-corrected chi connectivity index (χ3v) is 4.55. The predicted octanol–water partition coefficient (Wildman–Crippen LogP) is 3.01. The van der Waals surface area contributed by atoms with Gasteiger partial charge < -0.3 is 9.64 Å². The molecular formula is C17H25N3O. The molecule has 1 saturated heterocycles. The molecule has 0 N–H and O–H groups in total. The van der Waals surface area contributed by atoms with Crippen molar-refractivity contribution in [1.82, 2.24) is 14.3 Å². The van der Waals surface area contributed by atoms with Gasteiger partial charge in [0.25, 0.3) is 0 Å². The van der Waals surface area contributed by atoms with Crippen LogP contribution in [-0.4, -0.2) is 40.5 Å². The lowest BCUT2D eigenvalue weighted by molar-refractivity contribution is 0.138. The van der Waals surface area contributed by atoms with Crippen LogP contribution in [0.3, 0.4) is 0 Å². The molecule has 0 aliphatic carbocycles. The van der Waals surface area contributed by atoms with Gasteiger partial charge in [0.05, 0.1) is 18.8 Å². The minimum Gasteiger partial charge on any atom is -0.482 e. The molecule has 0 spiro atoms. The Labute approximate surface area is 126 Å². The van der Waals surface area contributed by atoms with Gasteiger partial charge in [-0.3, -0.25) is 4.40 Å². The molecule has 4 heteroatoms. The number of hydrogen-bond donors (Lipinski definition) is 0. The zero-order valence-electron chi connectivity index (χ0n) is 13.2. The minimum atomic E-state index is 0.638. The van der Waals surface area contributed by atoms with Crippen molar-refractivity contribution in [1.29, 1.82) is 0 Å². The van der Waals surface area contributed by atoms with Crippen molar-refractivity contribution in [2.45, 2.75) is 39.2 Å². The highest BCUT2D eigenvalue weighted by molar-refractivity contribution is 5.49. The Morgan fingerprint density at radius 2 is 2.24 bits per heavy atom. The van der Waals surface area contributed by atoms with E-state index in [0.29, 0.717) is 12.0 Å². The fourth-order valence-electron chi connectivity index (χ4n) is 3.38. The summed E-state index contributed by atoms with van der Waals surface area (Å²) in [5, 5.41) is 0. The molecule has 4 nitrogen and oxygen atoms in total. The first-order chi connectivity index (χ1) is 10.2. The van der Waals surface area contributed by atoms with E-state index >= 15 is 0 Å². The van der Waals surface area contributed by atoms with Crippen molar-refractivity contribution < 1.29 is 4.74 Å². The molecule has 0 amide bonds. The number of piperidine rings is 1. The van der Waals surface area contributed by atoms with Gasteiger partial charge >= 0.3 is 0 Å². The van der Waals surface area contributed by atoms with E-state index in [1.807, 2.05) is 18.3 Å². The van der Waals surface area contributed by atoms with Gasteiger partial charge in [0.15, 0.2) is 5.88 Å². The third kappa shape index (κ3) is 2.91. The number of hydrogen-bond acceptors (Lipinski definition) is 3. The molecule has 21 heavy (non-hydrogen) atoms. The first-order valence-corrected chi connectivity index (χ1v) is 7.92. The highest BCUT2D eigenvalue weighted by atomic mass is 16.5. The lowest BCUT2D eigenvalue weighted by atomic mass is 9.93. The fourth-order valence-corrected chi connectivity index (χ4v) is 3.38. The maximum Gasteiger partial charge on any atom is 0.199 e. The molecule has 2 aromatic rings. The average Bonchev–Trinajstić information content (AvgIpc) is 2.91. The molecule has 1 aliphatic rings. The molecule has 0 radical (unpaired) electrons. The van der Waals surface area contributed by atoms with Crippen molar-refractivity contribution in [2.24, 2.45) is 5.92 Å². The van der Waals surface area contributed by atoms with Crippen LogP contribution in [0.15, 0.2) is 24.4 Å². The van der Waals surface area contributed by atoms with E-state index in [9.17, 15) is 0 Å². The van der Waals surface area contributed by atoms with Gasteiger partial charge in [-0.2, -0.15) is 0 Å². The standard InChI is InChI=1S/C17H25N3O/c1-13(2)19-9-5-6-14(12-19)10-16-18-11-15-7-4-8-17(21-3)20(15)16/h4,7-8,11,13-14H,5-6,9-10,12H2,1-3H3. The number of imidazole rings is 1. The Hall–Kier alpha value is -1.55. The van der Waals surface area contributed by atoms with Crippen LogP contribution in [0.25, 0.3) is 5.52 Å². The van der Waals surface area contributed by atoms with Crippen LogP contribution >= 0.6 is 0 Å². The summed E-state index contributed by atoms with van der Waals surface area (Å²) in [5.41, 5.74) is 1.11. The van der Waals surface area contributed by atoms with Crippen molar-refractivity contribution in [3.8, 4) is 5.88 Å². The summed E-state index contributed by atoms with van der Waals surface area (Å²) < 4.78 is 7.63.